The molecule has 0 bridgehead atoms. The highest BCUT2D eigenvalue weighted by Crippen LogP contribution is 2.14. The Bertz CT molecular complexity index is 705. The number of rotatable bonds is 8. The van der Waals surface area contributed by atoms with E-state index in [-0.39, 0.29) is 17.8 Å². The molecule has 0 N–H and O–H groups in total. The summed E-state index contributed by atoms with van der Waals surface area (Å²) in [6, 6.07) is 9.42. The summed E-state index contributed by atoms with van der Waals surface area (Å²) in [6.07, 6.45) is 1.57. The van der Waals surface area contributed by atoms with Crippen molar-refractivity contribution in [1.82, 2.24) is 9.80 Å². The van der Waals surface area contributed by atoms with E-state index in [4.69, 9.17) is 13.9 Å². The van der Waals surface area contributed by atoms with Crippen molar-refractivity contribution in [1.29, 1.82) is 0 Å². The van der Waals surface area contributed by atoms with E-state index in [0.717, 1.165) is 18.8 Å². The number of hydrogen-bond acceptors (Lipinski definition) is 5. The van der Waals surface area contributed by atoms with Gasteiger partial charge < -0.3 is 18.8 Å². The predicted octanol–water partition coefficient (Wildman–Crippen LogP) is 2.41. The van der Waals surface area contributed by atoms with Crippen molar-refractivity contribution in [3.05, 3.63) is 59.8 Å². The van der Waals surface area contributed by atoms with Gasteiger partial charge in [-0.3, -0.25) is 9.69 Å². The number of methoxy groups -OCH3 is 1. The van der Waals surface area contributed by atoms with Crippen molar-refractivity contribution in [2.24, 2.45) is 0 Å². The van der Waals surface area contributed by atoms with E-state index < -0.39 is 0 Å². The predicted molar refractivity (Wildman–Crippen MR) is 97.9 cm³/mol. The molecule has 27 heavy (non-hydrogen) atoms. The molecule has 1 aliphatic heterocycles. The van der Waals surface area contributed by atoms with Crippen molar-refractivity contribution < 1.29 is 23.1 Å². The smallest absolute Gasteiger partial charge is 0.254 e. The van der Waals surface area contributed by atoms with Gasteiger partial charge in [-0.2, -0.15) is 0 Å². The fourth-order valence-corrected chi connectivity index (χ4v) is 3.16. The number of hydrogen-bond donors (Lipinski definition) is 0. The summed E-state index contributed by atoms with van der Waals surface area (Å²) in [4.78, 5) is 16.8. The molecule has 0 aliphatic carbocycles. The molecular weight excluding hydrogens is 351 g/mol. The molecule has 1 aromatic carbocycles. The second-order valence-electron chi connectivity index (χ2n) is 6.56. The second kappa shape index (κ2) is 9.64. The Kier molecular flexibility index (Phi) is 6.98. The molecule has 1 aliphatic rings. The van der Waals surface area contributed by atoms with Crippen molar-refractivity contribution >= 4 is 5.91 Å². The lowest BCUT2D eigenvalue weighted by Gasteiger charge is -2.35. The van der Waals surface area contributed by atoms with E-state index >= 15 is 0 Å². The second-order valence-corrected chi connectivity index (χ2v) is 6.56. The molecule has 1 unspecified atom stereocenters. The first-order valence-corrected chi connectivity index (χ1v) is 9.06. The Morgan fingerprint density at radius 1 is 1.33 bits per heavy atom. The lowest BCUT2D eigenvalue weighted by Crippen LogP contribution is -2.49. The van der Waals surface area contributed by atoms with Crippen LogP contribution in [0.5, 0.6) is 0 Å². The van der Waals surface area contributed by atoms with Crippen molar-refractivity contribution in [3.63, 3.8) is 0 Å². The minimum atomic E-state index is -0.362. The first kappa shape index (κ1) is 19.5. The molecule has 0 saturated carbocycles. The Hall–Kier alpha value is -2.22. The molecule has 146 valence electrons. The van der Waals surface area contributed by atoms with Crippen molar-refractivity contribution in [3.8, 4) is 0 Å². The monoisotopic (exact) mass is 376 g/mol. The summed E-state index contributed by atoms with van der Waals surface area (Å²) in [6.45, 7) is 4.18. The highest BCUT2D eigenvalue weighted by Gasteiger charge is 2.26. The van der Waals surface area contributed by atoms with Gasteiger partial charge in [0.15, 0.2) is 0 Å². The van der Waals surface area contributed by atoms with E-state index in [9.17, 15) is 9.18 Å². The SMILES string of the molecule is COCCN(CC1CN(Cc2ccco2)CCO1)C(=O)c1ccc(F)cc1. The van der Waals surface area contributed by atoms with Crippen molar-refractivity contribution in [2.75, 3.05) is 46.5 Å². The number of carbonyl (C=O) groups excluding carboxylic acids is 1. The molecule has 1 aromatic heterocycles. The summed E-state index contributed by atoms with van der Waals surface area (Å²) >= 11 is 0. The van der Waals surface area contributed by atoms with Crippen LogP contribution in [-0.4, -0.2) is 68.3 Å². The molecule has 0 spiro atoms. The Morgan fingerprint density at radius 3 is 2.85 bits per heavy atom. The van der Waals surface area contributed by atoms with E-state index in [2.05, 4.69) is 4.90 Å². The van der Waals surface area contributed by atoms with Gasteiger partial charge in [0, 0.05) is 38.9 Å². The molecular formula is C20H25FN2O4. The van der Waals surface area contributed by atoms with E-state index in [1.165, 1.54) is 24.3 Å². The van der Waals surface area contributed by atoms with E-state index in [1.807, 2.05) is 12.1 Å². The molecule has 3 rings (SSSR count). The third kappa shape index (κ3) is 5.63. The summed E-state index contributed by atoms with van der Waals surface area (Å²) < 4.78 is 29.6. The minimum Gasteiger partial charge on any atom is -0.468 e. The van der Waals surface area contributed by atoms with Gasteiger partial charge in [0.05, 0.1) is 32.1 Å². The number of amides is 1. The van der Waals surface area contributed by atoms with Gasteiger partial charge in [0.2, 0.25) is 0 Å². The Morgan fingerprint density at radius 2 is 2.15 bits per heavy atom. The largest absolute Gasteiger partial charge is 0.468 e. The summed E-state index contributed by atoms with van der Waals surface area (Å²) in [5, 5.41) is 0. The summed E-state index contributed by atoms with van der Waals surface area (Å²) in [5.74, 6) is 0.396. The molecule has 1 fully saturated rings. The van der Waals surface area contributed by atoms with Gasteiger partial charge in [-0.15, -0.1) is 0 Å². The number of halogens is 1. The zero-order valence-corrected chi connectivity index (χ0v) is 15.5. The standard InChI is InChI=1S/C20H25FN2O4/c1-25-11-9-23(20(24)16-4-6-17(21)7-5-16)15-19-14-22(8-12-27-19)13-18-3-2-10-26-18/h2-7,10,19H,8-9,11-15H2,1H3. The number of benzene rings is 1. The van der Waals surface area contributed by atoms with Crippen LogP contribution in [0.4, 0.5) is 4.39 Å². The topological polar surface area (TPSA) is 55.1 Å². The quantitative estimate of drug-likeness (QED) is 0.708. The maximum atomic E-state index is 13.1. The maximum absolute atomic E-state index is 13.1. The van der Waals surface area contributed by atoms with Crippen LogP contribution in [0.3, 0.4) is 0 Å². The number of carbonyl (C=O) groups is 1. The fourth-order valence-electron chi connectivity index (χ4n) is 3.16. The molecule has 1 atom stereocenters. The maximum Gasteiger partial charge on any atom is 0.254 e. The number of nitrogens with zero attached hydrogens (tertiary/aromatic N) is 2. The molecule has 2 heterocycles. The lowest BCUT2D eigenvalue weighted by atomic mass is 10.1. The van der Waals surface area contributed by atoms with Gasteiger partial charge in [-0.25, -0.2) is 4.39 Å². The van der Waals surface area contributed by atoms with Crippen LogP contribution >= 0.6 is 0 Å². The molecule has 1 saturated heterocycles. The molecule has 6 nitrogen and oxygen atoms in total. The van der Waals surface area contributed by atoms with Gasteiger partial charge in [0.1, 0.15) is 11.6 Å². The average molecular weight is 376 g/mol. The molecule has 1 amide bonds. The van der Waals surface area contributed by atoms with Crippen LogP contribution in [0.1, 0.15) is 16.1 Å². The Labute approximate surface area is 158 Å². The number of furan rings is 1. The summed E-state index contributed by atoms with van der Waals surface area (Å²) in [5.41, 5.74) is 0.454. The van der Waals surface area contributed by atoms with Gasteiger partial charge in [-0.05, 0) is 36.4 Å². The molecule has 2 aromatic rings. The van der Waals surface area contributed by atoms with Gasteiger partial charge in [-0.1, -0.05) is 0 Å². The fraction of sp³-hybridized carbons (Fsp3) is 0.450. The highest BCUT2D eigenvalue weighted by molar-refractivity contribution is 5.94. The van der Waals surface area contributed by atoms with Crippen molar-refractivity contribution in [2.45, 2.75) is 12.6 Å². The highest BCUT2D eigenvalue weighted by atomic mass is 19.1. The van der Waals surface area contributed by atoms with Crippen LogP contribution in [0, 0.1) is 5.82 Å². The first-order chi connectivity index (χ1) is 13.2. The lowest BCUT2D eigenvalue weighted by molar-refractivity contribution is -0.0458. The normalized spacial score (nSPS) is 17.8. The average Bonchev–Trinajstić information content (AvgIpc) is 3.18. The van der Waals surface area contributed by atoms with Gasteiger partial charge in [0.25, 0.3) is 5.91 Å². The number of ether oxygens (including phenoxy) is 2. The Balaban J connectivity index is 1.62. The van der Waals surface area contributed by atoms with Crippen LogP contribution in [-0.2, 0) is 16.0 Å². The van der Waals surface area contributed by atoms with Crippen LogP contribution in [0.15, 0.2) is 47.1 Å². The van der Waals surface area contributed by atoms with E-state index in [0.29, 0.717) is 38.4 Å². The summed E-state index contributed by atoms with van der Waals surface area (Å²) in [7, 11) is 1.60. The zero-order chi connectivity index (χ0) is 19.1. The molecule has 7 heteroatoms. The van der Waals surface area contributed by atoms with E-state index in [1.54, 1.807) is 18.3 Å². The minimum absolute atomic E-state index is 0.102. The van der Waals surface area contributed by atoms with Crippen LogP contribution in [0.2, 0.25) is 0 Å². The zero-order valence-electron chi connectivity index (χ0n) is 15.5. The molecule has 0 radical (unpaired) electrons. The first-order valence-electron chi connectivity index (χ1n) is 9.06. The number of morpholine rings is 1. The third-order valence-corrected chi connectivity index (χ3v) is 4.55. The van der Waals surface area contributed by atoms with Gasteiger partial charge >= 0.3 is 0 Å². The van der Waals surface area contributed by atoms with Crippen LogP contribution in [0.25, 0.3) is 0 Å². The third-order valence-electron chi connectivity index (χ3n) is 4.55. The van der Waals surface area contributed by atoms with Crippen LogP contribution < -0.4 is 0 Å².